The molecule has 1 aromatic carbocycles. The highest BCUT2D eigenvalue weighted by molar-refractivity contribution is 5.16. The van der Waals surface area contributed by atoms with Gasteiger partial charge < -0.3 is 28.4 Å². The SMILES string of the molecule is CCCCCCCCCCCCCCCCO[C@@H]1O[C@@H]2COC(c3ccccc3)O[C@H]2[C@H](OCCCCCCCCCCCCCCC)[C@H]1OC. The third-order valence-corrected chi connectivity index (χ3v) is 11.0. The molecule has 2 saturated heterocycles. The number of hydrogen-bond donors (Lipinski definition) is 0. The van der Waals surface area contributed by atoms with Gasteiger partial charge in [0.1, 0.15) is 24.4 Å². The van der Waals surface area contributed by atoms with Gasteiger partial charge in [-0.2, -0.15) is 0 Å². The molecule has 1 aromatic rings. The van der Waals surface area contributed by atoms with Crippen LogP contribution in [0, 0.1) is 0 Å². The first kappa shape index (κ1) is 44.4. The van der Waals surface area contributed by atoms with E-state index in [2.05, 4.69) is 13.8 Å². The monoisotopic (exact) mass is 717 g/mol. The largest absolute Gasteiger partial charge is 0.373 e. The van der Waals surface area contributed by atoms with Gasteiger partial charge in [-0.05, 0) is 12.8 Å². The quantitative estimate of drug-likeness (QED) is 0.0675. The van der Waals surface area contributed by atoms with Gasteiger partial charge in [-0.1, -0.05) is 205 Å². The molecule has 0 bridgehead atoms. The van der Waals surface area contributed by atoms with Crippen molar-refractivity contribution in [3.05, 3.63) is 35.9 Å². The van der Waals surface area contributed by atoms with Gasteiger partial charge >= 0.3 is 0 Å². The van der Waals surface area contributed by atoms with Gasteiger partial charge in [-0.25, -0.2) is 0 Å². The zero-order chi connectivity index (χ0) is 36.0. The summed E-state index contributed by atoms with van der Waals surface area (Å²) in [5.74, 6) is 0. The van der Waals surface area contributed by atoms with Crippen LogP contribution in [0.25, 0.3) is 0 Å². The molecule has 2 aliphatic heterocycles. The third-order valence-electron chi connectivity index (χ3n) is 11.0. The summed E-state index contributed by atoms with van der Waals surface area (Å²) in [7, 11) is 1.74. The lowest BCUT2D eigenvalue weighted by atomic mass is 9.97. The van der Waals surface area contributed by atoms with Gasteiger partial charge in [-0.15, -0.1) is 0 Å². The van der Waals surface area contributed by atoms with E-state index in [9.17, 15) is 0 Å². The van der Waals surface area contributed by atoms with Crippen molar-refractivity contribution >= 4 is 0 Å². The molecular formula is C45H80O6. The van der Waals surface area contributed by atoms with Gasteiger partial charge in [-0.3, -0.25) is 0 Å². The van der Waals surface area contributed by atoms with Crippen molar-refractivity contribution < 1.29 is 28.4 Å². The molecular weight excluding hydrogens is 636 g/mol. The van der Waals surface area contributed by atoms with Crippen molar-refractivity contribution in [3.8, 4) is 0 Å². The fraction of sp³-hybridized carbons (Fsp3) is 0.867. The zero-order valence-electron chi connectivity index (χ0n) is 33.5. The average Bonchev–Trinajstić information content (AvgIpc) is 3.16. The Morgan fingerprint density at radius 1 is 0.510 bits per heavy atom. The number of unbranched alkanes of at least 4 members (excludes halogenated alkanes) is 25. The van der Waals surface area contributed by atoms with Crippen molar-refractivity contribution in [1.29, 1.82) is 0 Å². The second-order valence-corrected chi connectivity index (χ2v) is 15.5. The summed E-state index contributed by atoms with van der Waals surface area (Å²) in [5.41, 5.74) is 1.01. The fourth-order valence-electron chi connectivity index (χ4n) is 7.73. The standard InChI is InChI=1S/C45H80O6/c1-4-6-8-10-12-14-16-18-20-22-24-26-28-33-37-48-45-43(46-3)42(41-40(50-45)38-49-44(51-41)39-34-30-29-31-35-39)47-36-32-27-25-23-21-19-17-15-13-11-9-7-5-2/h29-31,34-35,40-45H,4-28,32-33,36-38H2,1-3H3/t40-,41-,42+,43-,44?,45-/m1/s1. The highest BCUT2D eigenvalue weighted by atomic mass is 16.8. The summed E-state index contributed by atoms with van der Waals surface area (Å²) in [6.07, 6.45) is 34.1. The van der Waals surface area contributed by atoms with Crippen LogP contribution in [0.3, 0.4) is 0 Å². The molecule has 2 fully saturated rings. The zero-order valence-corrected chi connectivity index (χ0v) is 33.5. The summed E-state index contributed by atoms with van der Waals surface area (Å²) in [6, 6.07) is 10.2. The van der Waals surface area contributed by atoms with E-state index in [4.69, 9.17) is 28.4 Å². The Hall–Kier alpha value is -1.02. The van der Waals surface area contributed by atoms with Crippen molar-refractivity contribution in [2.45, 2.75) is 224 Å². The van der Waals surface area contributed by atoms with E-state index in [-0.39, 0.29) is 24.4 Å². The lowest BCUT2D eigenvalue weighted by Gasteiger charge is -2.48. The van der Waals surface area contributed by atoms with E-state index in [1.807, 2.05) is 30.3 Å². The molecule has 0 aromatic heterocycles. The maximum Gasteiger partial charge on any atom is 0.186 e. The molecule has 1 unspecified atom stereocenters. The molecule has 0 aliphatic carbocycles. The van der Waals surface area contributed by atoms with Crippen LogP contribution in [0.5, 0.6) is 0 Å². The Morgan fingerprint density at radius 3 is 1.39 bits per heavy atom. The van der Waals surface area contributed by atoms with E-state index in [0.717, 1.165) is 18.4 Å². The number of benzene rings is 1. The topological polar surface area (TPSA) is 55.4 Å². The molecule has 6 nitrogen and oxygen atoms in total. The van der Waals surface area contributed by atoms with Crippen LogP contribution in [0.1, 0.15) is 199 Å². The molecule has 6 atom stereocenters. The lowest BCUT2D eigenvalue weighted by molar-refractivity contribution is -0.368. The second kappa shape index (κ2) is 30.3. The molecule has 296 valence electrons. The highest BCUT2D eigenvalue weighted by Gasteiger charge is 2.51. The molecule has 51 heavy (non-hydrogen) atoms. The Balaban J connectivity index is 1.34. The van der Waals surface area contributed by atoms with Gasteiger partial charge in [0.05, 0.1) is 6.61 Å². The Kier molecular flexibility index (Phi) is 26.4. The van der Waals surface area contributed by atoms with Crippen molar-refractivity contribution in [3.63, 3.8) is 0 Å². The van der Waals surface area contributed by atoms with Crippen molar-refractivity contribution in [1.82, 2.24) is 0 Å². The number of rotatable bonds is 33. The minimum Gasteiger partial charge on any atom is -0.373 e. The van der Waals surface area contributed by atoms with E-state index >= 15 is 0 Å². The first-order valence-corrected chi connectivity index (χ1v) is 22.0. The van der Waals surface area contributed by atoms with Crippen LogP contribution in [0.15, 0.2) is 30.3 Å². The van der Waals surface area contributed by atoms with Crippen LogP contribution in [-0.2, 0) is 28.4 Å². The first-order valence-electron chi connectivity index (χ1n) is 22.0. The molecule has 3 rings (SSSR count). The number of ether oxygens (including phenoxy) is 6. The van der Waals surface area contributed by atoms with Gasteiger partial charge in [0.2, 0.25) is 0 Å². The normalized spacial score (nSPS) is 23.4. The van der Waals surface area contributed by atoms with Crippen LogP contribution >= 0.6 is 0 Å². The Bertz CT molecular complexity index is 898. The van der Waals surface area contributed by atoms with E-state index in [0.29, 0.717) is 19.8 Å². The second-order valence-electron chi connectivity index (χ2n) is 15.5. The molecule has 0 amide bonds. The molecule has 0 saturated carbocycles. The third kappa shape index (κ3) is 19.2. The van der Waals surface area contributed by atoms with Gasteiger partial charge in [0.25, 0.3) is 0 Å². The summed E-state index contributed by atoms with van der Waals surface area (Å²) >= 11 is 0. The smallest absolute Gasteiger partial charge is 0.186 e. The first-order chi connectivity index (χ1) is 25.3. The summed E-state index contributed by atoms with van der Waals surface area (Å²) in [4.78, 5) is 0. The summed E-state index contributed by atoms with van der Waals surface area (Å²) in [6.45, 7) is 6.38. The molecule has 6 heteroatoms. The van der Waals surface area contributed by atoms with Gasteiger partial charge in [0, 0.05) is 25.9 Å². The van der Waals surface area contributed by atoms with Crippen molar-refractivity contribution in [2.75, 3.05) is 26.9 Å². The minimum absolute atomic E-state index is 0.255. The number of methoxy groups -OCH3 is 1. The van der Waals surface area contributed by atoms with Crippen LogP contribution < -0.4 is 0 Å². The molecule has 2 heterocycles. The Morgan fingerprint density at radius 2 is 0.941 bits per heavy atom. The number of fused-ring (bicyclic) bond motifs is 1. The predicted octanol–water partition coefficient (Wildman–Crippen LogP) is 12.8. The highest BCUT2D eigenvalue weighted by Crippen LogP contribution is 2.36. The summed E-state index contributed by atoms with van der Waals surface area (Å²) in [5, 5.41) is 0. The summed E-state index contributed by atoms with van der Waals surface area (Å²) < 4.78 is 38.3. The lowest BCUT2D eigenvalue weighted by Crippen LogP contribution is -2.63. The molecule has 2 aliphatic rings. The van der Waals surface area contributed by atoms with Gasteiger partial charge in [0.15, 0.2) is 12.6 Å². The Labute approximate surface area is 314 Å². The minimum atomic E-state index is -0.490. The van der Waals surface area contributed by atoms with E-state index in [1.165, 1.54) is 161 Å². The molecule has 0 radical (unpaired) electrons. The molecule has 0 spiro atoms. The average molecular weight is 717 g/mol. The van der Waals surface area contributed by atoms with Crippen LogP contribution in [0.2, 0.25) is 0 Å². The van der Waals surface area contributed by atoms with Crippen LogP contribution in [0.4, 0.5) is 0 Å². The number of hydrogen-bond acceptors (Lipinski definition) is 6. The maximum atomic E-state index is 6.63. The van der Waals surface area contributed by atoms with E-state index < -0.39 is 12.6 Å². The maximum absolute atomic E-state index is 6.63. The predicted molar refractivity (Wildman–Crippen MR) is 211 cm³/mol. The molecule has 0 N–H and O–H groups in total. The van der Waals surface area contributed by atoms with E-state index in [1.54, 1.807) is 7.11 Å². The van der Waals surface area contributed by atoms with Crippen LogP contribution in [-0.4, -0.2) is 57.6 Å². The van der Waals surface area contributed by atoms with Crippen molar-refractivity contribution in [2.24, 2.45) is 0 Å². The fourth-order valence-corrected chi connectivity index (χ4v) is 7.73.